The van der Waals surface area contributed by atoms with Gasteiger partial charge in [0.2, 0.25) is 5.91 Å². The number of esters is 1. The third kappa shape index (κ3) is 46.4. The topological polar surface area (TPSA) is 95.9 Å². The molecule has 0 fully saturated rings. The van der Waals surface area contributed by atoms with Crippen LogP contribution in [0.3, 0.4) is 0 Å². The lowest BCUT2D eigenvalue weighted by Gasteiger charge is -2.24. The number of aliphatic hydroxyl groups is 2. The van der Waals surface area contributed by atoms with Crippen LogP contribution in [0, 0.1) is 0 Å². The molecule has 0 spiro atoms. The molecule has 3 N–H and O–H groups in total. The van der Waals surface area contributed by atoms with Gasteiger partial charge in [0.05, 0.1) is 25.2 Å². The Kier molecular flexibility index (Phi) is 50.0. The van der Waals surface area contributed by atoms with Gasteiger partial charge >= 0.3 is 5.97 Å². The van der Waals surface area contributed by atoms with E-state index in [1.54, 1.807) is 0 Å². The summed E-state index contributed by atoms with van der Waals surface area (Å²) in [7, 11) is 0. The molecule has 0 rings (SSSR count). The van der Waals surface area contributed by atoms with Crippen LogP contribution in [0.4, 0.5) is 0 Å². The number of carbonyl (C=O) groups excluding carboxylic acids is 2. The number of rotatable bonds is 50. The average Bonchev–Trinajstić information content (AvgIpc) is 3.29. The summed E-state index contributed by atoms with van der Waals surface area (Å²) in [6.07, 6.45) is 63.1. The van der Waals surface area contributed by atoms with Gasteiger partial charge in [-0.15, -0.1) is 0 Å². The summed E-state index contributed by atoms with van der Waals surface area (Å²) in [5.74, 6) is -0.490. The summed E-state index contributed by atoms with van der Waals surface area (Å²) < 4.78 is 5.94. The van der Waals surface area contributed by atoms with Crippen molar-refractivity contribution in [1.29, 1.82) is 0 Å². The maximum Gasteiger partial charge on any atom is 0.306 e. The van der Waals surface area contributed by atoms with Gasteiger partial charge in [-0.25, -0.2) is 0 Å². The van der Waals surface area contributed by atoms with E-state index in [0.29, 0.717) is 19.3 Å². The van der Waals surface area contributed by atoms with E-state index in [9.17, 15) is 19.8 Å². The van der Waals surface area contributed by atoms with E-state index in [0.717, 1.165) is 70.6 Å². The first-order chi connectivity index (χ1) is 31.5. The molecule has 0 aliphatic carbocycles. The van der Waals surface area contributed by atoms with E-state index in [1.807, 2.05) is 0 Å². The van der Waals surface area contributed by atoms with Crippen LogP contribution in [0.1, 0.15) is 284 Å². The van der Waals surface area contributed by atoms with Crippen LogP contribution in [0.15, 0.2) is 48.6 Å². The minimum Gasteiger partial charge on any atom is -0.462 e. The Bertz CT molecular complexity index is 1100. The molecule has 6 nitrogen and oxygen atoms in total. The number of hydrogen-bond donors (Lipinski definition) is 3. The molecule has 0 radical (unpaired) electrons. The van der Waals surface area contributed by atoms with E-state index in [2.05, 4.69) is 74.7 Å². The number of amides is 1. The van der Waals surface area contributed by atoms with Crippen molar-refractivity contribution in [2.24, 2.45) is 0 Å². The second-order valence-corrected chi connectivity index (χ2v) is 19.1. The van der Waals surface area contributed by atoms with Crippen LogP contribution in [-0.4, -0.2) is 46.9 Å². The lowest BCUT2D eigenvalue weighted by Crippen LogP contribution is -2.46. The molecule has 0 bridgehead atoms. The Morgan fingerprint density at radius 2 is 0.797 bits per heavy atom. The SMILES string of the molecule is CCCCC/C=C/C=C/C=C/C=C/CCCCCCCC(=O)OC(CCCCCCCCCCCCC)CC(=O)NC(CO)C(O)CCCCCCCCCCCCCCCCCC. The lowest BCUT2D eigenvalue weighted by atomic mass is 10.0. The van der Waals surface area contributed by atoms with Gasteiger partial charge in [-0.05, 0) is 51.4 Å². The highest BCUT2D eigenvalue weighted by molar-refractivity contribution is 5.77. The predicted octanol–water partition coefficient (Wildman–Crippen LogP) is 17.0. The van der Waals surface area contributed by atoms with Gasteiger partial charge in [0, 0.05) is 6.42 Å². The van der Waals surface area contributed by atoms with Crippen LogP contribution in [0.25, 0.3) is 0 Å². The quantitative estimate of drug-likeness (QED) is 0.0321. The molecule has 3 unspecified atom stereocenters. The molecular weight excluding hydrogens is 791 g/mol. The highest BCUT2D eigenvalue weighted by Crippen LogP contribution is 2.18. The summed E-state index contributed by atoms with van der Waals surface area (Å²) >= 11 is 0. The molecule has 64 heavy (non-hydrogen) atoms. The molecule has 0 saturated heterocycles. The first kappa shape index (κ1) is 61.8. The normalized spacial score (nSPS) is 13.5. The highest BCUT2D eigenvalue weighted by atomic mass is 16.5. The van der Waals surface area contributed by atoms with Gasteiger partial charge in [-0.3, -0.25) is 9.59 Å². The minimum absolute atomic E-state index is 0.0704. The number of carbonyl (C=O) groups is 2. The van der Waals surface area contributed by atoms with E-state index >= 15 is 0 Å². The van der Waals surface area contributed by atoms with Crippen molar-refractivity contribution < 1.29 is 24.5 Å². The van der Waals surface area contributed by atoms with Crippen LogP contribution < -0.4 is 5.32 Å². The summed E-state index contributed by atoms with van der Waals surface area (Å²) in [6.45, 7) is 6.46. The molecule has 1 amide bonds. The highest BCUT2D eigenvalue weighted by Gasteiger charge is 2.24. The van der Waals surface area contributed by atoms with Crippen molar-refractivity contribution >= 4 is 11.9 Å². The van der Waals surface area contributed by atoms with E-state index < -0.39 is 18.2 Å². The number of allylic oxidation sites excluding steroid dienone is 8. The Balaban J connectivity index is 4.52. The molecule has 374 valence electrons. The number of nitrogens with one attached hydrogen (secondary N) is 1. The molecule has 3 atom stereocenters. The minimum atomic E-state index is -0.791. The molecule has 0 aliphatic heterocycles. The summed E-state index contributed by atoms with van der Waals surface area (Å²) in [5.41, 5.74) is 0. The first-order valence-electron chi connectivity index (χ1n) is 27.9. The molecular formula is C58H107NO5. The van der Waals surface area contributed by atoms with Crippen LogP contribution in [-0.2, 0) is 14.3 Å². The molecule has 0 aromatic rings. The monoisotopic (exact) mass is 898 g/mol. The number of unbranched alkanes of at least 4 members (excludes halogenated alkanes) is 33. The summed E-state index contributed by atoms with van der Waals surface area (Å²) in [5, 5.41) is 23.8. The smallest absolute Gasteiger partial charge is 0.306 e. The second kappa shape index (κ2) is 51.8. The van der Waals surface area contributed by atoms with Crippen molar-refractivity contribution in [3.63, 3.8) is 0 Å². The number of aliphatic hydroxyl groups excluding tert-OH is 2. The van der Waals surface area contributed by atoms with Crippen LogP contribution >= 0.6 is 0 Å². The molecule has 0 aliphatic rings. The Morgan fingerprint density at radius 1 is 0.453 bits per heavy atom. The third-order valence-electron chi connectivity index (χ3n) is 12.8. The van der Waals surface area contributed by atoms with Gasteiger partial charge in [-0.1, -0.05) is 268 Å². The van der Waals surface area contributed by atoms with Crippen molar-refractivity contribution in [1.82, 2.24) is 5.32 Å². The van der Waals surface area contributed by atoms with E-state index in [4.69, 9.17) is 4.74 Å². The zero-order valence-corrected chi connectivity index (χ0v) is 42.7. The van der Waals surface area contributed by atoms with E-state index in [-0.39, 0.29) is 24.9 Å². The van der Waals surface area contributed by atoms with Gasteiger partial charge < -0.3 is 20.3 Å². The lowest BCUT2D eigenvalue weighted by molar-refractivity contribution is -0.151. The second-order valence-electron chi connectivity index (χ2n) is 19.1. The fourth-order valence-corrected chi connectivity index (χ4v) is 8.50. The maximum atomic E-state index is 13.2. The Morgan fingerprint density at radius 3 is 1.23 bits per heavy atom. The predicted molar refractivity (Wildman–Crippen MR) is 278 cm³/mol. The summed E-state index contributed by atoms with van der Waals surface area (Å²) in [6, 6.07) is -0.705. The zero-order valence-electron chi connectivity index (χ0n) is 42.7. The molecule has 6 heteroatoms. The van der Waals surface area contributed by atoms with Gasteiger partial charge in [0.25, 0.3) is 0 Å². The van der Waals surface area contributed by atoms with Gasteiger partial charge in [0.1, 0.15) is 6.10 Å². The molecule has 0 aromatic carbocycles. The fourth-order valence-electron chi connectivity index (χ4n) is 8.50. The fraction of sp³-hybridized carbons (Fsp3) is 0.828. The van der Waals surface area contributed by atoms with Crippen molar-refractivity contribution in [2.45, 2.75) is 302 Å². The van der Waals surface area contributed by atoms with Gasteiger partial charge in [0.15, 0.2) is 0 Å². The van der Waals surface area contributed by atoms with Gasteiger partial charge in [-0.2, -0.15) is 0 Å². The first-order valence-corrected chi connectivity index (χ1v) is 27.9. The number of ether oxygens (including phenoxy) is 1. The van der Waals surface area contributed by atoms with Crippen molar-refractivity contribution in [3.05, 3.63) is 48.6 Å². The zero-order chi connectivity index (χ0) is 46.7. The Labute approximate surface area is 397 Å². The van der Waals surface area contributed by atoms with E-state index in [1.165, 1.54) is 167 Å². The molecule has 0 heterocycles. The van der Waals surface area contributed by atoms with Crippen molar-refractivity contribution in [2.75, 3.05) is 6.61 Å². The number of hydrogen-bond acceptors (Lipinski definition) is 5. The maximum absolute atomic E-state index is 13.2. The molecule has 0 saturated carbocycles. The summed E-state index contributed by atoms with van der Waals surface area (Å²) in [4.78, 5) is 26.2. The Hall–Kier alpha value is -2.18. The third-order valence-corrected chi connectivity index (χ3v) is 12.8. The average molecular weight is 898 g/mol. The standard InChI is InChI=1S/C58H107NO5/c1-4-7-10-13-16-19-22-24-26-28-29-31-33-36-39-42-45-48-51-58(63)64-54(49-46-43-40-37-34-21-18-15-12-9-6-3)52-57(62)59-55(53-60)56(61)50-47-44-41-38-35-32-30-27-25-23-20-17-14-11-8-5-2/h16,19,22,24,26,28-29,31,54-56,60-61H,4-15,17-18,20-21,23,25,27,30,32-53H2,1-3H3,(H,59,62)/b19-16+,24-22+,28-26+,31-29+. The van der Waals surface area contributed by atoms with Crippen LogP contribution in [0.2, 0.25) is 0 Å². The molecule has 0 aromatic heterocycles. The largest absolute Gasteiger partial charge is 0.462 e. The van der Waals surface area contributed by atoms with Crippen LogP contribution in [0.5, 0.6) is 0 Å². The van der Waals surface area contributed by atoms with Crippen molar-refractivity contribution in [3.8, 4) is 0 Å².